The van der Waals surface area contributed by atoms with E-state index in [1.165, 1.54) is 5.56 Å². The molecule has 4 heteroatoms. The van der Waals surface area contributed by atoms with Crippen molar-refractivity contribution in [1.82, 2.24) is 5.32 Å². The van der Waals surface area contributed by atoms with Gasteiger partial charge in [-0.2, -0.15) is 0 Å². The van der Waals surface area contributed by atoms with Crippen LogP contribution in [-0.2, 0) is 16.0 Å². The molecule has 1 aromatic carbocycles. The Bertz CT molecular complexity index is 486. The molecule has 1 aromatic rings. The van der Waals surface area contributed by atoms with Gasteiger partial charge in [0.1, 0.15) is 0 Å². The highest BCUT2D eigenvalue weighted by molar-refractivity contribution is 5.84. The first-order valence-electron chi connectivity index (χ1n) is 8.21. The number of aliphatic carboxylic acids is 1. The number of carboxylic acid groups (broad SMARTS) is 1. The van der Waals surface area contributed by atoms with Gasteiger partial charge in [0.15, 0.2) is 0 Å². The van der Waals surface area contributed by atoms with Crippen molar-refractivity contribution in [2.45, 2.75) is 44.9 Å². The highest BCUT2D eigenvalue weighted by atomic mass is 16.4. The largest absolute Gasteiger partial charge is 0.550 e. The number of carboxylic acids is 1. The first-order chi connectivity index (χ1) is 10.7. The Hall–Kier alpha value is -1.84. The number of nitrogens with one attached hydrogen (secondary N) is 1. The number of unbranched alkanes of at least 4 members (excludes halogenated alkanes) is 1. The van der Waals surface area contributed by atoms with Gasteiger partial charge < -0.3 is 15.2 Å². The fourth-order valence-electron chi connectivity index (χ4n) is 3.17. The minimum atomic E-state index is -1.08. The monoisotopic (exact) mass is 302 g/mol. The molecule has 4 nitrogen and oxygen atoms in total. The average Bonchev–Trinajstić information content (AvgIpc) is 2.55. The van der Waals surface area contributed by atoms with E-state index in [1.807, 2.05) is 18.2 Å². The number of hydrogen-bond acceptors (Lipinski definition) is 3. The standard InChI is InChI=1S/C18H25NO3/c20-17(15-11-4-5-12-16(15)18(21)22)19-13-7-6-10-14-8-2-1-3-9-14/h1-3,8-9,15-16H,4-7,10-13H2,(H,19,20)(H,21,22)/p-1/t15-,16-/m1/s1. The van der Waals surface area contributed by atoms with Crippen LogP contribution in [0, 0.1) is 11.8 Å². The van der Waals surface area contributed by atoms with Crippen LogP contribution in [-0.4, -0.2) is 18.4 Å². The van der Waals surface area contributed by atoms with Crippen LogP contribution in [0.15, 0.2) is 30.3 Å². The summed E-state index contributed by atoms with van der Waals surface area (Å²) in [4.78, 5) is 23.3. The minimum Gasteiger partial charge on any atom is -0.550 e. The van der Waals surface area contributed by atoms with Crippen LogP contribution in [0.3, 0.4) is 0 Å². The molecule has 0 heterocycles. The van der Waals surface area contributed by atoms with Gasteiger partial charge in [0, 0.05) is 24.3 Å². The fourth-order valence-corrected chi connectivity index (χ4v) is 3.17. The van der Waals surface area contributed by atoms with Crippen molar-refractivity contribution in [3.63, 3.8) is 0 Å². The second kappa shape index (κ2) is 8.57. The van der Waals surface area contributed by atoms with Gasteiger partial charge in [-0.05, 0) is 37.7 Å². The van der Waals surface area contributed by atoms with E-state index < -0.39 is 17.8 Å². The Balaban J connectivity index is 1.67. The molecule has 0 aromatic heterocycles. The molecule has 1 N–H and O–H groups in total. The summed E-state index contributed by atoms with van der Waals surface area (Å²) >= 11 is 0. The van der Waals surface area contributed by atoms with E-state index in [1.54, 1.807) is 0 Å². The van der Waals surface area contributed by atoms with E-state index in [4.69, 9.17) is 0 Å². The van der Waals surface area contributed by atoms with Gasteiger partial charge in [-0.15, -0.1) is 0 Å². The van der Waals surface area contributed by atoms with Gasteiger partial charge in [-0.1, -0.05) is 43.2 Å². The molecule has 0 aliphatic heterocycles. The lowest BCUT2D eigenvalue weighted by Gasteiger charge is -2.31. The number of benzene rings is 1. The lowest BCUT2D eigenvalue weighted by molar-refractivity contribution is -0.314. The zero-order chi connectivity index (χ0) is 15.8. The van der Waals surface area contributed by atoms with Crippen molar-refractivity contribution < 1.29 is 14.7 Å². The smallest absolute Gasteiger partial charge is 0.223 e. The van der Waals surface area contributed by atoms with E-state index in [0.717, 1.165) is 32.1 Å². The van der Waals surface area contributed by atoms with Crippen LogP contribution in [0.2, 0.25) is 0 Å². The van der Waals surface area contributed by atoms with Crippen LogP contribution >= 0.6 is 0 Å². The van der Waals surface area contributed by atoms with Crippen LogP contribution in [0.1, 0.15) is 44.1 Å². The molecule has 0 spiro atoms. The van der Waals surface area contributed by atoms with Crippen molar-refractivity contribution in [2.75, 3.05) is 6.54 Å². The summed E-state index contributed by atoms with van der Waals surface area (Å²) in [5, 5.41) is 14.0. The van der Waals surface area contributed by atoms with E-state index in [0.29, 0.717) is 19.4 Å². The summed E-state index contributed by atoms with van der Waals surface area (Å²) in [5.41, 5.74) is 1.30. The summed E-state index contributed by atoms with van der Waals surface area (Å²) < 4.78 is 0. The van der Waals surface area contributed by atoms with Crippen molar-refractivity contribution in [1.29, 1.82) is 0 Å². The summed E-state index contributed by atoms with van der Waals surface area (Å²) in [6.07, 6.45) is 5.95. The topological polar surface area (TPSA) is 69.2 Å². The maximum atomic E-state index is 12.1. The maximum Gasteiger partial charge on any atom is 0.223 e. The molecule has 1 saturated carbocycles. The molecule has 0 radical (unpaired) electrons. The SMILES string of the molecule is O=C([O-])[C@@H]1CCCC[C@H]1C(=O)NCCCCc1ccccc1. The second-order valence-electron chi connectivity index (χ2n) is 6.05. The molecule has 1 fully saturated rings. The quantitative estimate of drug-likeness (QED) is 0.779. The van der Waals surface area contributed by atoms with E-state index in [-0.39, 0.29) is 5.91 Å². The number of carbonyl (C=O) groups is 2. The molecule has 2 atom stereocenters. The molecule has 120 valence electrons. The molecular formula is C18H24NO3-. The van der Waals surface area contributed by atoms with Crippen LogP contribution in [0.4, 0.5) is 0 Å². The number of carbonyl (C=O) groups excluding carboxylic acids is 2. The number of amides is 1. The molecule has 0 unspecified atom stereocenters. The Labute approximate surface area is 131 Å². The molecule has 0 saturated heterocycles. The summed E-state index contributed by atoms with van der Waals surface area (Å²) in [6, 6.07) is 10.3. The van der Waals surface area contributed by atoms with E-state index in [9.17, 15) is 14.7 Å². The van der Waals surface area contributed by atoms with Gasteiger partial charge in [-0.25, -0.2) is 0 Å². The third-order valence-electron chi connectivity index (χ3n) is 4.44. The summed E-state index contributed by atoms with van der Waals surface area (Å²) in [6.45, 7) is 0.613. The predicted molar refractivity (Wildman–Crippen MR) is 82.8 cm³/mol. The van der Waals surface area contributed by atoms with Gasteiger partial charge in [0.2, 0.25) is 5.91 Å². The first-order valence-corrected chi connectivity index (χ1v) is 8.21. The Morgan fingerprint density at radius 2 is 1.73 bits per heavy atom. The lowest BCUT2D eigenvalue weighted by atomic mass is 9.78. The van der Waals surface area contributed by atoms with Gasteiger partial charge in [0.05, 0.1) is 0 Å². The third-order valence-corrected chi connectivity index (χ3v) is 4.44. The molecule has 0 bridgehead atoms. The fraction of sp³-hybridized carbons (Fsp3) is 0.556. The highest BCUT2D eigenvalue weighted by Crippen LogP contribution is 2.29. The molecule has 1 aliphatic carbocycles. The van der Waals surface area contributed by atoms with Crippen molar-refractivity contribution in [2.24, 2.45) is 11.8 Å². The van der Waals surface area contributed by atoms with Crippen molar-refractivity contribution in [3.05, 3.63) is 35.9 Å². The summed E-state index contributed by atoms with van der Waals surface area (Å²) in [5.74, 6) is -2.22. The van der Waals surface area contributed by atoms with Gasteiger partial charge in [-0.3, -0.25) is 4.79 Å². The Morgan fingerprint density at radius 1 is 1.05 bits per heavy atom. The third kappa shape index (κ3) is 4.86. The molecule has 1 amide bonds. The summed E-state index contributed by atoms with van der Waals surface area (Å²) in [7, 11) is 0. The Morgan fingerprint density at radius 3 is 2.41 bits per heavy atom. The maximum absolute atomic E-state index is 12.1. The zero-order valence-electron chi connectivity index (χ0n) is 12.9. The van der Waals surface area contributed by atoms with E-state index in [2.05, 4.69) is 17.4 Å². The number of aryl methyl sites for hydroxylation is 1. The van der Waals surface area contributed by atoms with Crippen molar-refractivity contribution >= 4 is 11.9 Å². The molecular weight excluding hydrogens is 278 g/mol. The van der Waals surface area contributed by atoms with E-state index >= 15 is 0 Å². The van der Waals surface area contributed by atoms with Gasteiger partial charge >= 0.3 is 0 Å². The Kier molecular flexibility index (Phi) is 6.44. The molecule has 1 aliphatic rings. The second-order valence-corrected chi connectivity index (χ2v) is 6.05. The number of hydrogen-bond donors (Lipinski definition) is 1. The lowest BCUT2D eigenvalue weighted by Crippen LogP contribution is -2.44. The van der Waals surface area contributed by atoms with Gasteiger partial charge in [0.25, 0.3) is 0 Å². The highest BCUT2D eigenvalue weighted by Gasteiger charge is 2.31. The normalized spacial score (nSPS) is 21.3. The predicted octanol–water partition coefficient (Wildman–Crippen LogP) is 1.68. The van der Waals surface area contributed by atoms with Crippen LogP contribution < -0.4 is 10.4 Å². The molecule has 2 rings (SSSR count). The van der Waals surface area contributed by atoms with Crippen LogP contribution in [0.25, 0.3) is 0 Å². The average molecular weight is 302 g/mol. The minimum absolute atomic E-state index is 0.117. The van der Waals surface area contributed by atoms with Crippen LogP contribution in [0.5, 0.6) is 0 Å². The zero-order valence-corrected chi connectivity index (χ0v) is 12.9. The first kappa shape index (κ1) is 16.5. The number of rotatable bonds is 7. The van der Waals surface area contributed by atoms with Crippen molar-refractivity contribution in [3.8, 4) is 0 Å². The molecule has 22 heavy (non-hydrogen) atoms.